The van der Waals surface area contributed by atoms with Gasteiger partial charge >= 0.3 is 30.3 Å². The van der Waals surface area contributed by atoms with Crippen LogP contribution in [0.3, 0.4) is 0 Å². The van der Waals surface area contributed by atoms with Gasteiger partial charge in [-0.25, -0.2) is 19.2 Å². The number of unbranched alkanes of at least 4 members (excludes halogenated alkanes) is 1. The number of carbonyl (C=O) groups is 5. The summed E-state index contributed by atoms with van der Waals surface area (Å²) in [7, 11) is 1.37. The molecule has 0 bridgehead atoms. The van der Waals surface area contributed by atoms with Gasteiger partial charge in [-0.2, -0.15) is 0 Å². The Hall–Kier alpha value is -3.53. The minimum atomic E-state index is -0.614. The molecule has 0 saturated heterocycles. The van der Waals surface area contributed by atoms with Crippen LogP contribution in [0.15, 0.2) is 0 Å². The first-order chi connectivity index (χ1) is 25.3. The van der Waals surface area contributed by atoms with Crippen LogP contribution in [0.25, 0.3) is 0 Å². The number of rotatable bonds is 23. The summed E-state index contributed by atoms with van der Waals surface area (Å²) in [6.45, 7) is 26.5. The fraction of sp³-hybridized carbons (Fsp3) is 0.872. The Morgan fingerprint density at radius 2 is 0.745 bits per heavy atom. The van der Waals surface area contributed by atoms with Crippen molar-refractivity contribution in [1.29, 1.82) is 0 Å². The molecule has 1 atom stereocenters. The molecular formula is C39H76N6O10. The number of amides is 4. The van der Waals surface area contributed by atoms with E-state index in [0.29, 0.717) is 84.5 Å². The van der Waals surface area contributed by atoms with Crippen LogP contribution in [0.4, 0.5) is 19.2 Å². The molecule has 0 radical (unpaired) electrons. The summed E-state index contributed by atoms with van der Waals surface area (Å²) in [4.78, 5) is 66.1. The first-order valence-corrected chi connectivity index (χ1v) is 19.7. The number of nitrogens with one attached hydrogen (secondary N) is 4. The number of ether oxygens (including phenoxy) is 5. The number of alkyl carbamates (subject to hydrolysis) is 4. The molecule has 4 N–H and O–H groups in total. The molecule has 0 rings (SSSR count). The van der Waals surface area contributed by atoms with Gasteiger partial charge in [0.25, 0.3) is 0 Å². The summed E-state index contributed by atoms with van der Waals surface area (Å²) in [6.07, 6.45) is 2.67. The number of methoxy groups -OCH3 is 1. The molecule has 0 aromatic heterocycles. The molecule has 0 aliphatic rings. The van der Waals surface area contributed by atoms with Crippen LogP contribution in [0, 0.1) is 0 Å². The van der Waals surface area contributed by atoms with Crippen LogP contribution in [-0.4, -0.2) is 135 Å². The number of hydrogen-bond donors (Lipinski definition) is 4. The van der Waals surface area contributed by atoms with E-state index in [1.807, 2.05) is 46.4 Å². The van der Waals surface area contributed by atoms with E-state index in [1.54, 1.807) is 41.5 Å². The zero-order chi connectivity index (χ0) is 42.3. The van der Waals surface area contributed by atoms with E-state index in [0.717, 1.165) is 19.4 Å². The highest BCUT2D eigenvalue weighted by Gasteiger charge is 2.27. The maximum Gasteiger partial charge on any atom is 0.407 e. The van der Waals surface area contributed by atoms with Crippen LogP contribution in [0.1, 0.15) is 128 Å². The molecule has 322 valence electrons. The minimum absolute atomic E-state index is 0.349. The van der Waals surface area contributed by atoms with Crippen molar-refractivity contribution in [1.82, 2.24) is 31.1 Å². The Balaban J connectivity index is 5.49. The molecular weight excluding hydrogens is 712 g/mol. The van der Waals surface area contributed by atoms with Crippen molar-refractivity contribution in [3.8, 4) is 0 Å². The molecule has 0 fully saturated rings. The first kappa shape index (κ1) is 51.5. The normalized spacial score (nSPS) is 12.8. The lowest BCUT2D eigenvalue weighted by molar-refractivity contribution is -0.147. The maximum absolute atomic E-state index is 13.2. The third-order valence-corrected chi connectivity index (χ3v) is 7.34. The van der Waals surface area contributed by atoms with Crippen LogP contribution in [0.5, 0.6) is 0 Å². The van der Waals surface area contributed by atoms with Gasteiger partial charge < -0.3 is 49.9 Å². The monoisotopic (exact) mass is 789 g/mol. The fourth-order valence-corrected chi connectivity index (χ4v) is 5.21. The SMILES string of the molecule is COC(=O)C(CCCCN(CCCNC(=O)OC(C)(C)C)CCCNC(=O)OC(C)(C)C)N(CCCNC(=O)OC(C)(C)C)CCCNC(=O)OC(C)(C)C. The largest absolute Gasteiger partial charge is 0.468 e. The summed E-state index contributed by atoms with van der Waals surface area (Å²) in [5.74, 6) is -0.349. The molecule has 0 saturated carbocycles. The van der Waals surface area contributed by atoms with Crippen LogP contribution >= 0.6 is 0 Å². The fourth-order valence-electron chi connectivity index (χ4n) is 5.21. The highest BCUT2D eigenvalue weighted by Crippen LogP contribution is 2.15. The van der Waals surface area contributed by atoms with Gasteiger partial charge in [-0.15, -0.1) is 0 Å². The Morgan fingerprint density at radius 1 is 0.455 bits per heavy atom. The van der Waals surface area contributed by atoms with Gasteiger partial charge in [0.15, 0.2) is 0 Å². The van der Waals surface area contributed by atoms with Gasteiger partial charge in [-0.1, -0.05) is 6.42 Å². The molecule has 0 aliphatic carbocycles. The van der Waals surface area contributed by atoms with Crippen LogP contribution in [0.2, 0.25) is 0 Å². The average molecular weight is 789 g/mol. The second-order valence-electron chi connectivity index (χ2n) is 17.5. The molecule has 0 heterocycles. The molecule has 16 heteroatoms. The second kappa shape index (κ2) is 25.6. The minimum Gasteiger partial charge on any atom is -0.468 e. The van der Waals surface area contributed by atoms with Crippen molar-refractivity contribution in [2.24, 2.45) is 0 Å². The molecule has 16 nitrogen and oxygen atoms in total. The highest BCUT2D eigenvalue weighted by atomic mass is 16.6. The Kier molecular flexibility index (Phi) is 24.0. The predicted octanol–water partition coefficient (Wildman–Crippen LogP) is 5.96. The Bertz CT molecular complexity index is 1070. The third-order valence-electron chi connectivity index (χ3n) is 7.34. The van der Waals surface area contributed by atoms with E-state index in [2.05, 4.69) is 26.2 Å². The molecule has 0 spiro atoms. The molecule has 4 amide bonds. The second-order valence-corrected chi connectivity index (χ2v) is 17.5. The van der Waals surface area contributed by atoms with E-state index < -0.39 is 52.8 Å². The topological polar surface area (TPSA) is 186 Å². The highest BCUT2D eigenvalue weighted by molar-refractivity contribution is 5.75. The van der Waals surface area contributed by atoms with Crippen molar-refractivity contribution >= 4 is 30.3 Å². The van der Waals surface area contributed by atoms with E-state index in [1.165, 1.54) is 7.11 Å². The summed E-state index contributed by atoms with van der Waals surface area (Å²) >= 11 is 0. The van der Waals surface area contributed by atoms with Crippen LogP contribution < -0.4 is 21.3 Å². The standard InChI is InChI=1S/C39H76N6O10/c1-36(2,3)52-32(47)40-21-16-26-44(27-17-22-41-33(48)53-37(4,5)6)25-15-14-20-30(31(46)51-13)45(28-18-23-42-34(49)54-38(7,8)9)29-19-24-43-35(50)55-39(10,11)12/h30H,14-29H2,1-13H3,(H,40,47)(H,41,48)(H,42,49)(H,43,50). The van der Waals surface area contributed by atoms with Crippen molar-refractivity contribution < 1.29 is 47.7 Å². The van der Waals surface area contributed by atoms with Gasteiger partial charge in [0.1, 0.15) is 28.4 Å². The zero-order valence-electron chi connectivity index (χ0n) is 36.4. The van der Waals surface area contributed by atoms with E-state index in [4.69, 9.17) is 23.7 Å². The molecule has 0 aliphatic heterocycles. The third kappa shape index (κ3) is 31.4. The summed E-state index contributed by atoms with van der Waals surface area (Å²) in [5.41, 5.74) is -2.39. The Morgan fingerprint density at radius 3 is 1.04 bits per heavy atom. The van der Waals surface area contributed by atoms with Gasteiger partial charge in [0, 0.05) is 39.3 Å². The van der Waals surface area contributed by atoms with Gasteiger partial charge in [-0.05, 0) is 141 Å². The lowest BCUT2D eigenvalue weighted by Crippen LogP contribution is -2.45. The van der Waals surface area contributed by atoms with E-state index in [9.17, 15) is 24.0 Å². The van der Waals surface area contributed by atoms with E-state index in [-0.39, 0.29) is 5.97 Å². The van der Waals surface area contributed by atoms with Crippen molar-refractivity contribution in [2.75, 3.05) is 66.0 Å². The van der Waals surface area contributed by atoms with Crippen molar-refractivity contribution in [3.05, 3.63) is 0 Å². The van der Waals surface area contributed by atoms with Crippen LogP contribution in [-0.2, 0) is 28.5 Å². The van der Waals surface area contributed by atoms with Gasteiger partial charge in [0.05, 0.1) is 7.11 Å². The summed E-state index contributed by atoms with van der Waals surface area (Å²) in [5, 5.41) is 11.2. The van der Waals surface area contributed by atoms with Gasteiger partial charge in [-0.3, -0.25) is 9.69 Å². The molecule has 55 heavy (non-hydrogen) atoms. The first-order valence-electron chi connectivity index (χ1n) is 19.7. The lowest BCUT2D eigenvalue weighted by Gasteiger charge is -2.30. The summed E-state index contributed by atoms with van der Waals surface area (Å²) < 4.78 is 26.6. The predicted molar refractivity (Wildman–Crippen MR) is 213 cm³/mol. The van der Waals surface area contributed by atoms with Crippen molar-refractivity contribution in [2.45, 2.75) is 156 Å². The summed E-state index contributed by atoms with van der Waals surface area (Å²) in [6, 6.07) is -0.530. The van der Waals surface area contributed by atoms with Crippen molar-refractivity contribution in [3.63, 3.8) is 0 Å². The lowest BCUT2D eigenvalue weighted by atomic mass is 10.1. The molecule has 1 unspecified atom stereocenters. The van der Waals surface area contributed by atoms with E-state index >= 15 is 0 Å². The number of esters is 1. The Labute approximate surface area is 331 Å². The number of carbonyl (C=O) groups excluding carboxylic acids is 5. The quantitative estimate of drug-likeness (QED) is 0.0542. The smallest absolute Gasteiger partial charge is 0.407 e. The molecule has 0 aromatic carbocycles. The number of hydrogen-bond acceptors (Lipinski definition) is 12. The number of nitrogens with zero attached hydrogens (tertiary/aromatic N) is 2. The maximum atomic E-state index is 13.2. The molecule has 0 aromatic rings. The average Bonchev–Trinajstić information content (AvgIpc) is 3.00. The van der Waals surface area contributed by atoms with Gasteiger partial charge in [0.2, 0.25) is 0 Å². The zero-order valence-corrected chi connectivity index (χ0v) is 36.4.